The summed E-state index contributed by atoms with van der Waals surface area (Å²) in [5.41, 5.74) is 3.24. The molecule has 0 atom stereocenters. The summed E-state index contributed by atoms with van der Waals surface area (Å²) in [6, 6.07) is 22.3. The van der Waals surface area contributed by atoms with E-state index in [0.717, 1.165) is 39.2 Å². The van der Waals surface area contributed by atoms with Crippen molar-refractivity contribution in [2.24, 2.45) is 0 Å². The van der Waals surface area contributed by atoms with Crippen molar-refractivity contribution in [1.29, 1.82) is 0 Å². The number of aromatic nitrogens is 1. The number of carbonyl (C=O) groups is 2. The molecule has 1 N–H and O–H groups in total. The summed E-state index contributed by atoms with van der Waals surface area (Å²) < 4.78 is 18.2. The van der Waals surface area contributed by atoms with E-state index in [9.17, 15) is 9.59 Å². The Morgan fingerprint density at radius 3 is 2.62 bits per heavy atom. The number of rotatable bonds is 11. The van der Waals surface area contributed by atoms with Gasteiger partial charge in [0.2, 0.25) is 5.89 Å². The number of aliphatic carboxylic acids is 1. The number of hydrogen-bond acceptors (Lipinski definition) is 8. The Balaban J connectivity index is 1.33. The molecular weight excluding hydrogens is 596 g/mol. The molecule has 0 aliphatic carbocycles. The third kappa shape index (κ3) is 7.20. The Bertz CT molecular complexity index is 1650. The monoisotopic (exact) mass is 620 g/mol. The number of oxazole rings is 1. The van der Waals surface area contributed by atoms with Crippen LogP contribution in [0.5, 0.6) is 11.5 Å². The zero-order valence-electron chi connectivity index (χ0n) is 22.4. The minimum atomic E-state index is -1.14. The quantitative estimate of drug-likeness (QED) is 0.143. The van der Waals surface area contributed by atoms with Gasteiger partial charge >= 0.3 is 5.97 Å². The second-order valence-electron chi connectivity index (χ2n) is 9.26. The molecule has 5 rings (SSSR count). The fourth-order valence-corrected chi connectivity index (χ4v) is 5.50. The van der Waals surface area contributed by atoms with Crippen molar-refractivity contribution >= 4 is 57.9 Å². The largest absolute Gasteiger partial charge is 0.493 e. The number of carboxylic acid groups (broad SMARTS) is 1. The van der Waals surface area contributed by atoms with Crippen LogP contribution in [0, 0.1) is 6.92 Å². The van der Waals surface area contributed by atoms with Gasteiger partial charge < -0.3 is 19.0 Å². The Labute approximate surface area is 256 Å². The fourth-order valence-electron chi connectivity index (χ4n) is 4.13. The lowest BCUT2D eigenvalue weighted by molar-refractivity contribution is -0.140. The molecule has 4 aromatic rings. The lowest BCUT2D eigenvalue weighted by Crippen LogP contribution is -2.33. The second kappa shape index (κ2) is 13.2. The maximum absolute atomic E-state index is 12.8. The Kier molecular flexibility index (Phi) is 9.26. The second-order valence-corrected chi connectivity index (χ2v) is 11.4. The van der Waals surface area contributed by atoms with E-state index >= 15 is 0 Å². The van der Waals surface area contributed by atoms with Crippen molar-refractivity contribution in [1.82, 2.24) is 9.88 Å². The Morgan fingerprint density at radius 1 is 1.12 bits per heavy atom. The van der Waals surface area contributed by atoms with Gasteiger partial charge in [0.05, 0.1) is 17.2 Å². The molecule has 2 heterocycles. The van der Waals surface area contributed by atoms with E-state index in [1.165, 1.54) is 0 Å². The van der Waals surface area contributed by atoms with Gasteiger partial charge in [-0.2, -0.15) is 0 Å². The van der Waals surface area contributed by atoms with Gasteiger partial charge in [-0.05, 0) is 55.0 Å². The van der Waals surface area contributed by atoms with E-state index in [1.807, 2.05) is 49.4 Å². The van der Waals surface area contributed by atoms with Gasteiger partial charge in [-0.3, -0.25) is 14.5 Å². The van der Waals surface area contributed by atoms with Crippen molar-refractivity contribution in [3.8, 4) is 23.0 Å². The normalized spacial score (nSPS) is 14.0. The number of amides is 1. The molecule has 1 aliphatic rings. The van der Waals surface area contributed by atoms with E-state index in [0.29, 0.717) is 45.9 Å². The van der Waals surface area contributed by atoms with Gasteiger partial charge in [-0.25, -0.2) is 4.98 Å². The maximum atomic E-state index is 12.8. The fraction of sp³-hybridized carbons (Fsp3) is 0.161. The van der Waals surface area contributed by atoms with Crippen LogP contribution in [-0.2, 0) is 22.6 Å². The first-order valence-electron chi connectivity index (χ1n) is 12.9. The van der Waals surface area contributed by atoms with Crippen LogP contribution >= 0.6 is 35.6 Å². The molecule has 0 unspecified atom stereocenters. The molecule has 42 heavy (non-hydrogen) atoms. The summed E-state index contributed by atoms with van der Waals surface area (Å²) in [6.07, 6.45) is 2.18. The number of ether oxygens (including phenoxy) is 2. The highest BCUT2D eigenvalue weighted by atomic mass is 35.5. The summed E-state index contributed by atoms with van der Waals surface area (Å²) in [5.74, 6) is 0.752. The molecule has 1 aromatic heterocycles. The third-order valence-corrected chi connectivity index (χ3v) is 7.90. The summed E-state index contributed by atoms with van der Waals surface area (Å²) in [7, 11) is 0. The number of aryl methyl sites for hydroxylation is 1. The zero-order chi connectivity index (χ0) is 29.6. The molecule has 1 amide bonds. The van der Waals surface area contributed by atoms with Gasteiger partial charge in [0, 0.05) is 28.6 Å². The van der Waals surface area contributed by atoms with Gasteiger partial charge in [-0.15, -0.1) is 0 Å². The van der Waals surface area contributed by atoms with Crippen LogP contribution < -0.4 is 9.47 Å². The standard InChI is InChI=1S/C31H25ClN2O6S2/c1-19-25(33-29(40-19)21-5-3-2-4-6-21)13-14-38-24-12-9-22(15-27-30(37)34(17-28(35)36)31(41)42-27)26(16-24)39-18-20-7-10-23(32)11-8-20/h2-12,15-16H,13-14,17-18H2,1H3,(H,35,36). The minimum Gasteiger partial charge on any atom is -0.493 e. The number of halogens is 1. The first kappa shape index (κ1) is 29.4. The van der Waals surface area contributed by atoms with Gasteiger partial charge in [-0.1, -0.05) is 65.9 Å². The van der Waals surface area contributed by atoms with Crippen molar-refractivity contribution in [3.63, 3.8) is 0 Å². The number of carbonyl (C=O) groups excluding carboxylic acids is 1. The molecule has 8 nitrogen and oxygen atoms in total. The number of thioether (sulfide) groups is 1. The van der Waals surface area contributed by atoms with Crippen molar-refractivity contribution in [2.45, 2.75) is 20.0 Å². The lowest BCUT2D eigenvalue weighted by Gasteiger charge is -2.13. The summed E-state index contributed by atoms with van der Waals surface area (Å²) in [5, 5.41) is 9.76. The maximum Gasteiger partial charge on any atom is 0.323 e. The van der Waals surface area contributed by atoms with Crippen LogP contribution in [0.25, 0.3) is 17.5 Å². The molecule has 214 valence electrons. The predicted molar refractivity (Wildman–Crippen MR) is 166 cm³/mol. The van der Waals surface area contributed by atoms with Crippen LogP contribution in [0.2, 0.25) is 5.02 Å². The van der Waals surface area contributed by atoms with Gasteiger partial charge in [0.15, 0.2) is 0 Å². The third-order valence-electron chi connectivity index (χ3n) is 6.27. The van der Waals surface area contributed by atoms with Crippen molar-refractivity contribution in [3.05, 3.63) is 105 Å². The van der Waals surface area contributed by atoms with E-state index in [1.54, 1.807) is 36.4 Å². The molecular formula is C31H25ClN2O6S2. The summed E-state index contributed by atoms with van der Waals surface area (Å²) in [6.45, 7) is 1.99. The first-order valence-corrected chi connectivity index (χ1v) is 14.5. The van der Waals surface area contributed by atoms with Crippen LogP contribution in [-0.4, -0.2) is 44.3 Å². The molecule has 1 aliphatic heterocycles. The SMILES string of the molecule is Cc1oc(-c2ccccc2)nc1CCOc1ccc(C=C2SC(=S)N(CC(=O)O)C2=O)c(OCc2ccc(Cl)cc2)c1. The number of carboxylic acids is 1. The van der Waals surface area contributed by atoms with E-state index in [-0.39, 0.29) is 10.9 Å². The molecule has 0 radical (unpaired) electrons. The minimum absolute atomic E-state index is 0.191. The molecule has 1 fully saturated rings. The van der Waals surface area contributed by atoms with Crippen molar-refractivity contribution in [2.75, 3.05) is 13.2 Å². The number of nitrogens with zero attached hydrogens (tertiary/aromatic N) is 2. The highest BCUT2D eigenvalue weighted by Crippen LogP contribution is 2.35. The highest BCUT2D eigenvalue weighted by molar-refractivity contribution is 8.26. The predicted octanol–water partition coefficient (Wildman–Crippen LogP) is 6.79. The van der Waals surface area contributed by atoms with Crippen LogP contribution in [0.4, 0.5) is 0 Å². The molecule has 0 saturated carbocycles. The zero-order valence-corrected chi connectivity index (χ0v) is 24.8. The average molecular weight is 621 g/mol. The number of benzene rings is 3. The molecule has 3 aromatic carbocycles. The summed E-state index contributed by atoms with van der Waals surface area (Å²) in [4.78, 5) is 30.0. The highest BCUT2D eigenvalue weighted by Gasteiger charge is 2.33. The summed E-state index contributed by atoms with van der Waals surface area (Å²) >= 11 is 12.3. The Hall–Kier alpha value is -4.12. The first-order chi connectivity index (χ1) is 20.3. The molecule has 11 heteroatoms. The van der Waals surface area contributed by atoms with Gasteiger partial charge in [0.1, 0.15) is 34.7 Å². The lowest BCUT2D eigenvalue weighted by atomic mass is 10.1. The number of hydrogen-bond donors (Lipinski definition) is 1. The average Bonchev–Trinajstić information content (AvgIpc) is 3.47. The topological polar surface area (TPSA) is 102 Å². The van der Waals surface area contributed by atoms with E-state index < -0.39 is 18.4 Å². The van der Waals surface area contributed by atoms with Crippen molar-refractivity contribution < 1.29 is 28.6 Å². The number of thiocarbonyl (C=S) groups is 1. The van der Waals surface area contributed by atoms with Crippen LogP contribution in [0.1, 0.15) is 22.6 Å². The van der Waals surface area contributed by atoms with Gasteiger partial charge in [0.25, 0.3) is 5.91 Å². The smallest absolute Gasteiger partial charge is 0.323 e. The van der Waals surface area contributed by atoms with E-state index in [4.69, 9.17) is 42.8 Å². The Morgan fingerprint density at radius 2 is 1.88 bits per heavy atom. The van der Waals surface area contributed by atoms with Crippen LogP contribution in [0.15, 0.2) is 82.1 Å². The molecule has 0 bridgehead atoms. The van der Waals surface area contributed by atoms with Crippen LogP contribution in [0.3, 0.4) is 0 Å². The molecule has 1 saturated heterocycles. The van der Waals surface area contributed by atoms with E-state index in [2.05, 4.69) is 4.98 Å². The molecule has 0 spiro atoms.